The first-order chi connectivity index (χ1) is 9.97. The molecule has 1 aromatic rings. The summed E-state index contributed by atoms with van der Waals surface area (Å²) in [5.41, 5.74) is 0.428. The standard InChI is InChI=1S/C16H18FNO3/c1-18(10-11-3-2-4-11)16(21)13-6-5-12(14(17)9-13)7-8-15(19)20/h5-9,11H,2-4,10H2,1H3,(H,19,20). The van der Waals surface area contributed by atoms with Crippen molar-refractivity contribution in [3.05, 3.63) is 41.2 Å². The minimum atomic E-state index is -1.14. The van der Waals surface area contributed by atoms with Crippen LogP contribution in [0.2, 0.25) is 0 Å². The van der Waals surface area contributed by atoms with Gasteiger partial charge in [-0.15, -0.1) is 0 Å². The van der Waals surface area contributed by atoms with E-state index in [-0.39, 0.29) is 17.0 Å². The van der Waals surface area contributed by atoms with E-state index in [0.29, 0.717) is 12.5 Å². The number of halogens is 1. The van der Waals surface area contributed by atoms with Gasteiger partial charge in [-0.1, -0.05) is 12.5 Å². The third-order valence-corrected chi connectivity index (χ3v) is 3.76. The van der Waals surface area contributed by atoms with Crippen molar-refractivity contribution >= 4 is 18.0 Å². The van der Waals surface area contributed by atoms with Gasteiger partial charge < -0.3 is 10.0 Å². The Morgan fingerprint density at radius 3 is 2.67 bits per heavy atom. The first-order valence-electron chi connectivity index (χ1n) is 6.93. The van der Waals surface area contributed by atoms with Crippen molar-refractivity contribution in [3.8, 4) is 0 Å². The van der Waals surface area contributed by atoms with Gasteiger partial charge in [0.05, 0.1) is 0 Å². The number of carbonyl (C=O) groups excluding carboxylic acids is 1. The third kappa shape index (κ3) is 3.90. The van der Waals surface area contributed by atoms with Crippen molar-refractivity contribution in [1.82, 2.24) is 4.90 Å². The maximum absolute atomic E-state index is 13.8. The molecule has 0 bridgehead atoms. The molecular weight excluding hydrogens is 273 g/mol. The molecule has 21 heavy (non-hydrogen) atoms. The van der Waals surface area contributed by atoms with Crippen LogP contribution in [-0.2, 0) is 4.79 Å². The number of carboxylic acids is 1. The largest absolute Gasteiger partial charge is 0.478 e. The van der Waals surface area contributed by atoms with E-state index in [1.165, 1.54) is 24.6 Å². The van der Waals surface area contributed by atoms with Crippen LogP contribution in [-0.4, -0.2) is 35.5 Å². The van der Waals surface area contributed by atoms with E-state index in [0.717, 1.165) is 25.0 Å². The number of carbonyl (C=O) groups is 2. The molecule has 0 unspecified atom stereocenters. The number of hydrogen-bond donors (Lipinski definition) is 1. The van der Waals surface area contributed by atoms with Crippen molar-refractivity contribution in [2.45, 2.75) is 19.3 Å². The molecule has 5 heteroatoms. The Balaban J connectivity index is 2.07. The number of rotatable bonds is 5. The lowest BCUT2D eigenvalue weighted by atomic mass is 9.85. The molecule has 1 aliphatic rings. The molecule has 2 rings (SSSR count). The molecule has 0 spiro atoms. The van der Waals surface area contributed by atoms with E-state index in [4.69, 9.17) is 5.11 Å². The van der Waals surface area contributed by atoms with Crippen LogP contribution in [0.1, 0.15) is 35.2 Å². The van der Waals surface area contributed by atoms with Crippen molar-refractivity contribution in [2.24, 2.45) is 5.92 Å². The second kappa shape index (κ2) is 6.52. The summed E-state index contributed by atoms with van der Waals surface area (Å²) in [7, 11) is 1.72. The molecule has 0 atom stereocenters. The zero-order valence-electron chi connectivity index (χ0n) is 11.9. The van der Waals surface area contributed by atoms with Crippen molar-refractivity contribution < 1.29 is 19.1 Å². The average molecular weight is 291 g/mol. The molecule has 1 fully saturated rings. The molecule has 4 nitrogen and oxygen atoms in total. The summed E-state index contributed by atoms with van der Waals surface area (Å²) in [5, 5.41) is 8.52. The number of aliphatic carboxylic acids is 1. The van der Waals surface area contributed by atoms with E-state index in [2.05, 4.69) is 0 Å². The highest BCUT2D eigenvalue weighted by Crippen LogP contribution is 2.27. The Morgan fingerprint density at radius 1 is 1.43 bits per heavy atom. The van der Waals surface area contributed by atoms with Gasteiger partial charge in [-0.05, 0) is 37.0 Å². The lowest BCUT2D eigenvalue weighted by Gasteiger charge is -2.30. The Hall–Kier alpha value is -2.17. The van der Waals surface area contributed by atoms with Crippen LogP contribution in [0.3, 0.4) is 0 Å². The predicted molar refractivity (Wildman–Crippen MR) is 77.4 cm³/mol. The molecule has 112 valence electrons. The van der Waals surface area contributed by atoms with Gasteiger partial charge in [0.15, 0.2) is 0 Å². The second-order valence-corrected chi connectivity index (χ2v) is 5.39. The van der Waals surface area contributed by atoms with E-state index in [9.17, 15) is 14.0 Å². The topological polar surface area (TPSA) is 57.6 Å². The first kappa shape index (κ1) is 15.2. The molecule has 0 aromatic heterocycles. The van der Waals surface area contributed by atoms with Crippen LogP contribution in [0.15, 0.2) is 24.3 Å². The Bertz CT molecular complexity index is 579. The zero-order chi connectivity index (χ0) is 15.4. The van der Waals surface area contributed by atoms with Gasteiger partial charge >= 0.3 is 5.97 Å². The molecule has 1 aliphatic carbocycles. The van der Waals surface area contributed by atoms with Crippen LogP contribution in [0.5, 0.6) is 0 Å². The summed E-state index contributed by atoms with van der Waals surface area (Å²) < 4.78 is 13.8. The molecule has 1 aromatic carbocycles. The predicted octanol–water partition coefficient (Wildman–Crippen LogP) is 2.80. The molecule has 0 saturated heterocycles. The maximum Gasteiger partial charge on any atom is 0.328 e. The van der Waals surface area contributed by atoms with Gasteiger partial charge in [-0.25, -0.2) is 9.18 Å². The van der Waals surface area contributed by atoms with Gasteiger partial charge in [0, 0.05) is 30.8 Å². The van der Waals surface area contributed by atoms with E-state index < -0.39 is 11.8 Å². The first-order valence-corrected chi connectivity index (χ1v) is 6.93. The summed E-state index contributed by atoms with van der Waals surface area (Å²) >= 11 is 0. The van der Waals surface area contributed by atoms with Crippen LogP contribution < -0.4 is 0 Å². The fraction of sp³-hybridized carbons (Fsp3) is 0.375. The van der Waals surface area contributed by atoms with Crippen LogP contribution in [0.4, 0.5) is 4.39 Å². The maximum atomic E-state index is 13.8. The van der Waals surface area contributed by atoms with Gasteiger partial charge in [-0.3, -0.25) is 4.79 Å². The van der Waals surface area contributed by atoms with E-state index >= 15 is 0 Å². The number of carboxylic acid groups (broad SMARTS) is 1. The Kier molecular flexibility index (Phi) is 4.73. The minimum absolute atomic E-state index is 0.149. The highest BCUT2D eigenvalue weighted by molar-refractivity contribution is 5.94. The second-order valence-electron chi connectivity index (χ2n) is 5.39. The van der Waals surface area contributed by atoms with Crippen molar-refractivity contribution in [3.63, 3.8) is 0 Å². The van der Waals surface area contributed by atoms with Gasteiger partial charge in [0.2, 0.25) is 0 Å². The van der Waals surface area contributed by atoms with Crippen molar-refractivity contribution in [2.75, 3.05) is 13.6 Å². The summed E-state index contributed by atoms with van der Waals surface area (Å²) in [4.78, 5) is 24.2. The third-order valence-electron chi connectivity index (χ3n) is 3.76. The highest BCUT2D eigenvalue weighted by Gasteiger charge is 2.22. The van der Waals surface area contributed by atoms with Crippen LogP contribution in [0, 0.1) is 11.7 Å². The SMILES string of the molecule is CN(CC1CCC1)C(=O)c1ccc(C=CC(=O)O)c(F)c1. The molecule has 0 radical (unpaired) electrons. The number of benzene rings is 1. The summed E-state index contributed by atoms with van der Waals surface area (Å²) in [5.74, 6) is -1.40. The fourth-order valence-corrected chi connectivity index (χ4v) is 2.32. The van der Waals surface area contributed by atoms with E-state index in [1.807, 2.05) is 0 Å². The van der Waals surface area contributed by atoms with Gasteiger partial charge in [0.25, 0.3) is 5.91 Å². The Morgan fingerprint density at radius 2 is 2.14 bits per heavy atom. The Labute approximate surface area is 122 Å². The van der Waals surface area contributed by atoms with E-state index in [1.54, 1.807) is 11.9 Å². The molecule has 1 amide bonds. The summed E-state index contributed by atoms with van der Waals surface area (Å²) in [6.45, 7) is 0.696. The molecule has 1 N–H and O–H groups in total. The molecule has 0 aliphatic heterocycles. The average Bonchev–Trinajstić information content (AvgIpc) is 2.40. The quantitative estimate of drug-likeness (QED) is 0.849. The molecular formula is C16H18FNO3. The zero-order valence-corrected chi connectivity index (χ0v) is 11.9. The molecule has 0 heterocycles. The fourth-order valence-electron chi connectivity index (χ4n) is 2.32. The normalized spacial score (nSPS) is 15.0. The van der Waals surface area contributed by atoms with Crippen LogP contribution >= 0.6 is 0 Å². The monoisotopic (exact) mass is 291 g/mol. The number of amides is 1. The highest BCUT2D eigenvalue weighted by atomic mass is 19.1. The van der Waals surface area contributed by atoms with Crippen molar-refractivity contribution in [1.29, 1.82) is 0 Å². The van der Waals surface area contributed by atoms with Gasteiger partial charge in [-0.2, -0.15) is 0 Å². The lowest BCUT2D eigenvalue weighted by Crippen LogP contribution is -2.34. The van der Waals surface area contributed by atoms with Crippen LogP contribution in [0.25, 0.3) is 6.08 Å². The summed E-state index contributed by atoms with van der Waals surface area (Å²) in [6, 6.07) is 4.09. The lowest BCUT2D eigenvalue weighted by molar-refractivity contribution is -0.131. The molecule has 1 saturated carbocycles. The number of nitrogens with zero attached hydrogens (tertiary/aromatic N) is 1. The van der Waals surface area contributed by atoms with Gasteiger partial charge in [0.1, 0.15) is 5.82 Å². The smallest absolute Gasteiger partial charge is 0.328 e. The minimum Gasteiger partial charge on any atom is -0.478 e. The number of hydrogen-bond acceptors (Lipinski definition) is 2. The summed E-state index contributed by atoms with van der Waals surface area (Å²) in [6.07, 6.45) is 5.54.